The van der Waals surface area contributed by atoms with Crippen LogP contribution >= 0.6 is 11.6 Å². The minimum Gasteiger partial charge on any atom is -0.396 e. The Morgan fingerprint density at radius 3 is 2.44 bits per heavy atom. The molecule has 0 saturated carbocycles. The maximum Gasteiger partial charge on any atom is 0.0911 e. The summed E-state index contributed by atoms with van der Waals surface area (Å²) >= 11 is 6.09. The molecule has 4 N–H and O–H groups in total. The second-order valence-electron chi connectivity index (χ2n) is 7.80. The van der Waals surface area contributed by atoms with Gasteiger partial charge in [0.25, 0.3) is 0 Å². The second kappa shape index (κ2) is 23.5. The molecule has 1 aromatic rings. The maximum absolute atomic E-state index is 10.3. The van der Waals surface area contributed by atoms with Gasteiger partial charge in [-0.05, 0) is 42.5 Å². The lowest BCUT2D eigenvalue weighted by atomic mass is 10.0. The van der Waals surface area contributed by atoms with Gasteiger partial charge in [0.1, 0.15) is 0 Å². The molecule has 0 heterocycles. The van der Waals surface area contributed by atoms with Gasteiger partial charge in [-0.1, -0.05) is 81.6 Å². The van der Waals surface area contributed by atoms with Crippen LogP contribution in [0.2, 0.25) is 5.02 Å². The molecule has 34 heavy (non-hydrogen) atoms. The van der Waals surface area contributed by atoms with Crippen molar-refractivity contribution in [1.29, 1.82) is 0 Å². The summed E-state index contributed by atoms with van der Waals surface area (Å²) in [6.07, 6.45) is 8.72. The van der Waals surface area contributed by atoms with Crippen LogP contribution in [0.15, 0.2) is 48.1 Å². The van der Waals surface area contributed by atoms with E-state index in [1.54, 1.807) is 12.2 Å². The maximum atomic E-state index is 10.3. The molecule has 6 nitrogen and oxygen atoms in total. The van der Waals surface area contributed by atoms with Crippen LogP contribution < -0.4 is 5.32 Å². The van der Waals surface area contributed by atoms with E-state index in [9.17, 15) is 10.2 Å². The zero-order valence-corrected chi connectivity index (χ0v) is 22.0. The van der Waals surface area contributed by atoms with Crippen LogP contribution in [0.4, 0.5) is 0 Å². The number of hydrogen-bond donors (Lipinski definition) is 4. The fourth-order valence-corrected chi connectivity index (χ4v) is 3.22. The van der Waals surface area contributed by atoms with Crippen molar-refractivity contribution in [2.45, 2.75) is 59.2 Å². The third-order valence-corrected chi connectivity index (χ3v) is 5.25. The molecule has 0 bridgehead atoms. The van der Waals surface area contributed by atoms with Crippen molar-refractivity contribution in [3.05, 3.63) is 58.7 Å². The number of aliphatic hydroxyl groups excluding tert-OH is 3. The summed E-state index contributed by atoms with van der Waals surface area (Å²) in [5.41, 5.74) is 1.70. The smallest absolute Gasteiger partial charge is 0.0911 e. The van der Waals surface area contributed by atoms with Crippen LogP contribution in [0, 0.1) is 5.92 Å². The first-order valence-electron chi connectivity index (χ1n) is 12.5. The summed E-state index contributed by atoms with van der Waals surface area (Å²) in [5, 5.41) is 32.5. The molecule has 196 valence electrons. The Kier molecular flexibility index (Phi) is 22.6. The highest BCUT2D eigenvalue weighted by Crippen LogP contribution is 2.15. The van der Waals surface area contributed by atoms with Crippen LogP contribution in [-0.4, -0.2) is 67.5 Å². The number of rotatable bonds is 19. The monoisotopic (exact) mass is 499 g/mol. The number of aliphatic hydroxyl groups is 3. The van der Waals surface area contributed by atoms with E-state index in [1.807, 2.05) is 51.1 Å². The van der Waals surface area contributed by atoms with Gasteiger partial charge in [0.15, 0.2) is 0 Å². The van der Waals surface area contributed by atoms with E-state index in [1.165, 1.54) is 0 Å². The summed E-state index contributed by atoms with van der Waals surface area (Å²) in [7, 11) is 0. The highest BCUT2D eigenvalue weighted by Gasteiger charge is 2.09. The number of ether oxygens (including phenoxy) is 2. The van der Waals surface area contributed by atoms with E-state index in [4.69, 9.17) is 26.2 Å². The molecule has 7 heteroatoms. The lowest BCUT2D eigenvalue weighted by molar-refractivity contribution is 0.0393. The molecule has 0 saturated heterocycles. The zero-order chi connectivity index (χ0) is 25.4. The Morgan fingerprint density at radius 1 is 1.03 bits per heavy atom. The molecule has 1 aromatic carbocycles. The lowest BCUT2D eigenvalue weighted by Gasteiger charge is -2.15. The molecule has 2 unspecified atom stereocenters. The number of benzene rings is 1. The Balaban J connectivity index is 0.00000529. The Morgan fingerprint density at radius 2 is 1.74 bits per heavy atom. The number of hydrogen-bond acceptors (Lipinski definition) is 6. The number of halogens is 1. The third-order valence-electron chi connectivity index (χ3n) is 4.88. The lowest BCUT2D eigenvalue weighted by Crippen LogP contribution is -2.29. The van der Waals surface area contributed by atoms with Gasteiger partial charge in [-0.15, -0.1) is 0 Å². The van der Waals surface area contributed by atoms with E-state index >= 15 is 0 Å². The summed E-state index contributed by atoms with van der Waals surface area (Å²) < 4.78 is 11.2. The molecule has 0 aliphatic heterocycles. The van der Waals surface area contributed by atoms with Gasteiger partial charge in [-0.3, -0.25) is 0 Å². The summed E-state index contributed by atoms with van der Waals surface area (Å²) in [6, 6.07) is 7.67. The normalized spacial score (nSPS) is 13.6. The predicted octanol–water partition coefficient (Wildman–Crippen LogP) is 4.51. The van der Waals surface area contributed by atoms with Crippen LogP contribution in [0.1, 0.15) is 52.0 Å². The molecular formula is C27H46ClNO5. The third kappa shape index (κ3) is 17.2. The SMILES string of the molecule is CC.CC(/C=C(\C=C/CO)C(O)CNCCCCCCOCCOCc1ccccc1Cl)CO. The van der Waals surface area contributed by atoms with Gasteiger partial charge in [0.05, 0.1) is 32.5 Å². The van der Waals surface area contributed by atoms with Gasteiger partial charge >= 0.3 is 0 Å². The van der Waals surface area contributed by atoms with Crippen LogP contribution in [0.25, 0.3) is 0 Å². The average Bonchev–Trinajstić information content (AvgIpc) is 2.86. The molecule has 1 rings (SSSR count). The van der Waals surface area contributed by atoms with Crippen molar-refractivity contribution in [2.75, 3.05) is 46.1 Å². The molecular weight excluding hydrogens is 454 g/mol. The van der Waals surface area contributed by atoms with Gasteiger partial charge in [-0.2, -0.15) is 0 Å². The number of nitrogens with one attached hydrogen (secondary N) is 1. The van der Waals surface area contributed by atoms with E-state index < -0.39 is 6.10 Å². The van der Waals surface area contributed by atoms with Gasteiger partial charge in [0.2, 0.25) is 0 Å². The summed E-state index contributed by atoms with van der Waals surface area (Å²) in [4.78, 5) is 0. The first-order chi connectivity index (χ1) is 16.6. The van der Waals surface area contributed by atoms with Crippen molar-refractivity contribution in [1.82, 2.24) is 5.32 Å². The van der Waals surface area contributed by atoms with Gasteiger partial charge in [0, 0.05) is 24.8 Å². The zero-order valence-electron chi connectivity index (χ0n) is 21.2. The molecule has 0 spiro atoms. The predicted molar refractivity (Wildman–Crippen MR) is 141 cm³/mol. The largest absolute Gasteiger partial charge is 0.396 e. The van der Waals surface area contributed by atoms with Crippen LogP contribution in [-0.2, 0) is 16.1 Å². The minimum atomic E-state index is -0.666. The first kappa shape index (κ1) is 32.8. The number of unbranched alkanes of at least 4 members (excludes halogenated alkanes) is 3. The molecule has 0 aliphatic carbocycles. The molecule has 0 aromatic heterocycles. The summed E-state index contributed by atoms with van der Waals surface area (Å²) in [6.45, 7) is 9.47. The average molecular weight is 500 g/mol. The van der Waals surface area contributed by atoms with Crippen molar-refractivity contribution in [2.24, 2.45) is 5.92 Å². The topological polar surface area (TPSA) is 91.2 Å². The fourth-order valence-electron chi connectivity index (χ4n) is 3.03. The minimum absolute atomic E-state index is 0.0237. The van der Waals surface area contributed by atoms with E-state index in [0.29, 0.717) is 31.9 Å². The van der Waals surface area contributed by atoms with Crippen LogP contribution in [0.3, 0.4) is 0 Å². The Labute approximate surface area is 211 Å². The first-order valence-corrected chi connectivity index (χ1v) is 12.8. The van der Waals surface area contributed by atoms with E-state index in [-0.39, 0.29) is 19.1 Å². The Bertz CT molecular complexity index is 654. The standard InChI is InChI=1S/C25H40ClNO5.C2H6/c1-21(19-29)17-22(10-8-13-28)25(30)18-27-12-6-2-3-7-14-31-15-16-32-20-23-9-4-5-11-24(23)26;1-2/h4-5,8-11,17,21,25,27-30H,2-3,6-7,12-16,18-20H2,1H3;1-2H3/b10-8-,22-17+;. The van der Waals surface area contributed by atoms with Crippen molar-refractivity contribution in [3.8, 4) is 0 Å². The second-order valence-corrected chi connectivity index (χ2v) is 8.21. The van der Waals surface area contributed by atoms with E-state index in [0.717, 1.165) is 49.4 Å². The van der Waals surface area contributed by atoms with Crippen molar-refractivity contribution < 1.29 is 24.8 Å². The molecule has 0 radical (unpaired) electrons. The molecule has 0 fully saturated rings. The van der Waals surface area contributed by atoms with E-state index in [2.05, 4.69) is 5.32 Å². The fraction of sp³-hybridized carbons (Fsp3) is 0.630. The molecule has 2 atom stereocenters. The van der Waals surface area contributed by atoms with Crippen molar-refractivity contribution in [3.63, 3.8) is 0 Å². The molecule has 0 amide bonds. The van der Waals surface area contributed by atoms with Crippen molar-refractivity contribution >= 4 is 11.6 Å². The van der Waals surface area contributed by atoms with Gasteiger partial charge in [-0.25, -0.2) is 0 Å². The summed E-state index contributed by atoms with van der Waals surface area (Å²) in [5.74, 6) is -0.0425. The molecule has 0 aliphatic rings. The van der Waals surface area contributed by atoms with Crippen LogP contribution in [0.5, 0.6) is 0 Å². The Hall–Kier alpha value is -1.25. The highest BCUT2D eigenvalue weighted by atomic mass is 35.5. The quantitative estimate of drug-likeness (QED) is 0.165. The highest BCUT2D eigenvalue weighted by molar-refractivity contribution is 6.31. The van der Waals surface area contributed by atoms with Gasteiger partial charge < -0.3 is 30.1 Å².